The van der Waals surface area contributed by atoms with Gasteiger partial charge in [-0.2, -0.15) is 0 Å². The monoisotopic (exact) mass is 222 g/mol. The van der Waals surface area contributed by atoms with Crippen LogP contribution >= 0.6 is 11.3 Å². The van der Waals surface area contributed by atoms with Gasteiger partial charge in [0, 0.05) is 11.8 Å². The van der Waals surface area contributed by atoms with Gasteiger partial charge in [0.1, 0.15) is 10.8 Å². The molecule has 1 atom stereocenters. The zero-order chi connectivity index (χ0) is 10.8. The van der Waals surface area contributed by atoms with E-state index >= 15 is 0 Å². The maximum absolute atomic E-state index is 13.4. The Morgan fingerprint density at radius 3 is 2.73 bits per heavy atom. The molecule has 0 aliphatic rings. The maximum Gasteiger partial charge on any atom is 0.131 e. The van der Waals surface area contributed by atoms with Crippen LogP contribution in [-0.4, -0.2) is 4.98 Å². The Balaban J connectivity index is 2.42. The number of aromatic nitrogens is 1. The van der Waals surface area contributed by atoms with E-state index in [9.17, 15) is 4.39 Å². The van der Waals surface area contributed by atoms with Crippen molar-refractivity contribution < 1.29 is 4.39 Å². The predicted molar refractivity (Wildman–Crippen MR) is 60.1 cm³/mol. The third kappa shape index (κ3) is 2.06. The molecule has 1 aromatic heterocycles. The minimum atomic E-state index is -0.225. The number of rotatable bonds is 2. The molecule has 0 fully saturated rings. The van der Waals surface area contributed by atoms with E-state index in [0.717, 1.165) is 9.88 Å². The van der Waals surface area contributed by atoms with Crippen LogP contribution in [0.15, 0.2) is 30.5 Å². The summed E-state index contributed by atoms with van der Waals surface area (Å²) in [6, 6.07) is 6.57. The van der Waals surface area contributed by atoms with Gasteiger partial charge in [-0.05, 0) is 13.0 Å². The van der Waals surface area contributed by atoms with Crippen LogP contribution in [0.2, 0.25) is 0 Å². The second kappa shape index (κ2) is 4.08. The van der Waals surface area contributed by atoms with Crippen LogP contribution < -0.4 is 5.73 Å². The second-order valence-electron chi connectivity index (χ2n) is 3.33. The van der Waals surface area contributed by atoms with Crippen molar-refractivity contribution in [3.63, 3.8) is 0 Å². The molecule has 1 aromatic carbocycles. The van der Waals surface area contributed by atoms with E-state index < -0.39 is 0 Å². The van der Waals surface area contributed by atoms with Gasteiger partial charge < -0.3 is 5.73 Å². The molecule has 2 N–H and O–H groups in total. The first-order valence-corrected chi connectivity index (χ1v) is 5.46. The van der Waals surface area contributed by atoms with Crippen LogP contribution in [0, 0.1) is 5.82 Å². The van der Waals surface area contributed by atoms with E-state index in [-0.39, 0.29) is 11.9 Å². The molecule has 2 nitrogen and oxygen atoms in total. The summed E-state index contributed by atoms with van der Waals surface area (Å²) in [6.45, 7) is 1.87. The summed E-state index contributed by atoms with van der Waals surface area (Å²) in [6.07, 6.45) is 1.67. The van der Waals surface area contributed by atoms with Gasteiger partial charge in [0.2, 0.25) is 0 Å². The number of hydrogen-bond donors (Lipinski definition) is 1. The van der Waals surface area contributed by atoms with Crippen molar-refractivity contribution >= 4 is 11.3 Å². The molecule has 4 heteroatoms. The highest BCUT2D eigenvalue weighted by molar-refractivity contribution is 7.15. The van der Waals surface area contributed by atoms with Crippen molar-refractivity contribution in [3.05, 3.63) is 41.3 Å². The van der Waals surface area contributed by atoms with Gasteiger partial charge in [0.25, 0.3) is 0 Å². The molecule has 0 bridgehead atoms. The molecule has 15 heavy (non-hydrogen) atoms. The number of thiazole rings is 1. The Morgan fingerprint density at radius 2 is 2.13 bits per heavy atom. The van der Waals surface area contributed by atoms with Crippen LogP contribution in [0.5, 0.6) is 0 Å². The zero-order valence-corrected chi connectivity index (χ0v) is 9.09. The lowest BCUT2D eigenvalue weighted by Crippen LogP contribution is -2.03. The average molecular weight is 222 g/mol. The van der Waals surface area contributed by atoms with Crippen molar-refractivity contribution in [2.24, 2.45) is 5.73 Å². The second-order valence-corrected chi connectivity index (χ2v) is 4.39. The first-order chi connectivity index (χ1) is 7.18. The highest BCUT2D eigenvalue weighted by atomic mass is 32.1. The van der Waals surface area contributed by atoms with Crippen molar-refractivity contribution in [3.8, 4) is 10.4 Å². The van der Waals surface area contributed by atoms with Gasteiger partial charge >= 0.3 is 0 Å². The molecule has 0 spiro atoms. The van der Waals surface area contributed by atoms with E-state index in [0.29, 0.717) is 5.56 Å². The summed E-state index contributed by atoms with van der Waals surface area (Å²) in [5.41, 5.74) is 6.28. The zero-order valence-electron chi connectivity index (χ0n) is 8.27. The molecule has 0 amide bonds. The third-order valence-corrected chi connectivity index (χ3v) is 3.28. The smallest absolute Gasteiger partial charge is 0.131 e. The molecule has 0 aliphatic carbocycles. The van der Waals surface area contributed by atoms with E-state index in [1.165, 1.54) is 17.4 Å². The van der Waals surface area contributed by atoms with Crippen LogP contribution in [0.1, 0.15) is 18.0 Å². The van der Waals surface area contributed by atoms with Crippen LogP contribution in [0.3, 0.4) is 0 Å². The van der Waals surface area contributed by atoms with Crippen molar-refractivity contribution in [2.75, 3.05) is 0 Å². The Kier molecular flexibility index (Phi) is 2.79. The molecular weight excluding hydrogens is 211 g/mol. The van der Waals surface area contributed by atoms with E-state index in [4.69, 9.17) is 5.73 Å². The van der Waals surface area contributed by atoms with Crippen molar-refractivity contribution in [1.29, 1.82) is 0 Å². The molecule has 1 heterocycles. The van der Waals surface area contributed by atoms with E-state index in [1.54, 1.807) is 18.3 Å². The van der Waals surface area contributed by atoms with Gasteiger partial charge in [0.15, 0.2) is 0 Å². The highest BCUT2D eigenvalue weighted by Gasteiger charge is 2.10. The van der Waals surface area contributed by atoms with Gasteiger partial charge in [-0.25, -0.2) is 9.37 Å². The summed E-state index contributed by atoms with van der Waals surface area (Å²) in [7, 11) is 0. The fourth-order valence-electron chi connectivity index (χ4n) is 1.28. The van der Waals surface area contributed by atoms with Crippen LogP contribution in [0.4, 0.5) is 4.39 Å². The van der Waals surface area contributed by atoms with Crippen molar-refractivity contribution in [2.45, 2.75) is 13.0 Å². The number of nitrogens with zero attached hydrogens (tertiary/aromatic N) is 1. The lowest BCUT2D eigenvalue weighted by molar-refractivity contribution is 0.631. The summed E-state index contributed by atoms with van der Waals surface area (Å²) in [4.78, 5) is 4.98. The first kappa shape index (κ1) is 10.3. The van der Waals surface area contributed by atoms with Gasteiger partial charge in [0.05, 0.1) is 10.9 Å². The quantitative estimate of drug-likeness (QED) is 0.848. The van der Waals surface area contributed by atoms with Gasteiger partial charge in [-0.15, -0.1) is 11.3 Å². The summed E-state index contributed by atoms with van der Waals surface area (Å²) in [5.74, 6) is -0.225. The molecule has 0 saturated carbocycles. The lowest BCUT2D eigenvalue weighted by atomic mass is 10.2. The third-order valence-electron chi connectivity index (χ3n) is 2.05. The Bertz CT molecular complexity index is 465. The standard InChI is InChI=1S/C11H11FN2S/c1-7(13)11-14-6-10(15-11)8-4-2-3-5-9(8)12/h2-7H,13H2,1H3/t7-/m1/s1. The largest absolute Gasteiger partial charge is 0.322 e. The number of benzene rings is 1. The Labute approximate surface area is 91.6 Å². The highest BCUT2D eigenvalue weighted by Crippen LogP contribution is 2.29. The van der Waals surface area contributed by atoms with Crippen LogP contribution in [0.25, 0.3) is 10.4 Å². The number of halogens is 1. The van der Waals surface area contributed by atoms with Gasteiger partial charge in [-0.3, -0.25) is 0 Å². The topological polar surface area (TPSA) is 38.9 Å². The van der Waals surface area contributed by atoms with Crippen molar-refractivity contribution in [1.82, 2.24) is 4.98 Å². The Hall–Kier alpha value is -1.26. The molecule has 78 valence electrons. The maximum atomic E-state index is 13.4. The lowest BCUT2D eigenvalue weighted by Gasteiger charge is -1.98. The molecule has 0 aliphatic heterocycles. The molecular formula is C11H11FN2S. The SMILES string of the molecule is C[C@@H](N)c1ncc(-c2ccccc2F)s1. The average Bonchev–Trinajstić information content (AvgIpc) is 2.67. The summed E-state index contributed by atoms with van der Waals surface area (Å²) >= 11 is 1.43. The predicted octanol–water partition coefficient (Wildman–Crippen LogP) is 2.97. The Morgan fingerprint density at radius 1 is 1.40 bits per heavy atom. The van der Waals surface area contributed by atoms with Crippen LogP contribution in [-0.2, 0) is 0 Å². The minimum Gasteiger partial charge on any atom is -0.322 e. The molecule has 0 saturated heterocycles. The molecule has 0 unspecified atom stereocenters. The number of nitrogens with two attached hydrogens (primary N) is 1. The summed E-state index contributed by atoms with van der Waals surface area (Å²) in [5, 5.41) is 0.827. The fraction of sp³-hybridized carbons (Fsp3) is 0.182. The van der Waals surface area contributed by atoms with E-state index in [1.807, 2.05) is 13.0 Å². The summed E-state index contributed by atoms with van der Waals surface area (Å²) < 4.78 is 13.4. The first-order valence-electron chi connectivity index (χ1n) is 4.64. The fourth-order valence-corrected chi connectivity index (χ4v) is 2.18. The minimum absolute atomic E-state index is 0.101. The molecule has 2 rings (SSSR count). The normalized spacial score (nSPS) is 12.7. The molecule has 0 radical (unpaired) electrons. The molecule has 2 aromatic rings. The van der Waals surface area contributed by atoms with Gasteiger partial charge in [-0.1, -0.05) is 18.2 Å². The van der Waals surface area contributed by atoms with E-state index in [2.05, 4.69) is 4.98 Å². The number of hydrogen-bond acceptors (Lipinski definition) is 3.